The fourth-order valence-electron chi connectivity index (χ4n) is 3.46. The van der Waals surface area contributed by atoms with Gasteiger partial charge in [0.05, 0.1) is 12.6 Å². The molecule has 2 nitrogen and oxygen atoms in total. The minimum Gasteiger partial charge on any atom is -0.383 e. The first-order valence-electron chi connectivity index (χ1n) is 7.49. The highest BCUT2D eigenvalue weighted by molar-refractivity contribution is 5.19. The topological polar surface area (TPSA) is 21.3 Å². The Balaban J connectivity index is 2.00. The van der Waals surface area contributed by atoms with Gasteiger partial charge in [-0.1, -0.05) is 44.2 Å². The Morgan fingerprint density at radius 3 is 2.32 bits per heavy atom. The van der Waals surface area contributed by atoms with Gasteiger partial charge in [0.25, 0.3) is 0 Å². The highest BCUT2D eigenvalue weighted by Crippen LogP contribution is 2.30. The van der Waals surface area contributed by atoms with Crippen LogP contribution in [0.2, 0.25) is 0 Å². The molecule has 0 bridgehead atoms. The Morgan fingerprint density at radius 1 is 1.11 bits per heavy atom. The van der Waals surface area contributed by atoms with Crippen molar-refractivity contribution in [3.63, 3.8) is 0 Å². The molecule has 0 heterocycles. The second-order valence-corrected chi connectivity index (χ2v) is 6.20. The van der Waals surface area contributed by atoms with E-state index in [1.54, 1.807) is 7.11 Å². The summed E-state index contributed by atoms with van der Waals surface area (Å²) in [4.78, 5) is 0. The van der Waals surface area contributed by atoms with Crippen LogP contribution in [0.15, 0.2) is 30.3 Å². The van der Waals surface area contributed by atoms with Crippen molar-refractivity contribution in [3.8, 4) is 0 Å². The van der Waals surface area contributed by atoms with Gasteiger partial charge in [-0.05, 0) is 36.7 Å². The Bertz CT molecular complexity index is 355. The van der Waals surface area contributed by atoms with Gasteiger partial charge in [0.2, 0.25) is 0 Å². The zero-order chi connectivity index (χ0) is 13.7. The maximum absolute atomic E-state index is 5.39. The first-order chi connectivity index (χ1) is 9.19. The minimum atomic E-state index is 0.314. The molecule has 1 aromatic carbocycles. The fraction of sp³-hybridized carbons (Fsp3) is 0.647. The summed E-state index contributed by atoms with van der Waals surface area (Å²) in [6.45, 7) is 5.49. The molecule has 0 aliphatic heterocycles. The molecule has 3 atom stereocenters. The summed E-state index contributed by atoms with van der Waals surface area (Å²) in [7, 11) is 1.78. The quantitative estimate of drug-likeness (QED) is 0.870. The van der Waals surface area contributed by atoms with Gasteiger partial charge in [0.15, 0.2) is 0 Å². The summed E-state index contributed by atoms with van der Waals surface area (Å²) < 4.78 is 5.39. The predicted molar refractivity (Wildman–Crippen MR) is 80.2 cm³/mol. The molecular formula is C17H27NO. The monoisotopic (exact) mass is 261 g/mol. The number of benzene rings is 1. The van der Waals surface area contributed by atoms with Gasteiger partial charge in [0, 0.05) is 13.2 Å². The van der Waals surface area contributed by atoms with E-state index in [0.717, 1.165) is 18.4 Å². The highest BCUT2D eigenvalue weighted by atomic mass is 16.5. The van der Waals surface area contributed by atoms with Gasteiger partial charge in [-0.15, -0.1) is 0 Å². The number of hydrogen-bond donors (Lipinski definition) is 1. The smallest absolute Gasteiger partial charge is 0.0657 e. The minimum absolute atomic E-state index is 0.314. The van der Waals surface area contributed by atoms with Gasteiger partial charge >= 0.3 is 0 Å². The molecule has 19 heavy (non-hydrogen) atoms. The Labute approximate surface area is 117 Å². The van der Waals surface area contributed by atoms with Crippen molar-refractivity contribution >= 4 is 0 Å². The van der Waals surface area contributed by atoms with Crippen molar-refractivity contribution in [2.24, 2.45) is 11.8 Å². The van der Waals surface area contributed by atoms with Gasteiger partial charge in [-0.25, -0.2) is 0 Å². The van der Waals surface area contributed by atoms with E-state index in [4.69, 9.17) is 4.74 Å². The van der Waals surface area contributed by atoms with Crippen molar-refractivity contribution in [2.45, 2.75) is 45.2 Å². The van der Waals surface area contributed by atoms with E-state index < -0.39 is 0 Å². The van der Waals surface area contributed by atoms with Crippen LogP contribution in [-0.4, -0.2) is 19.8 Å². The van der Waals surface area contributed by atoms with E-state index in [-0.39, 0.29) is 0 Å². The number of ether oxygens (including phenoxy) is 1. The maximum atomic E-state index is 5.39. The molecule has 1 fully saturated rings. The van der Waals surface area contributed by atoms with Crippen LogP contribution >= 0.6 is 0 Å². The van der Waals surface area contributed by atoms with E-state index in [9.17, 15) is 0 Å². The molecule has 3 unspecified atom stereocenters. The third-order valence-electron chi connectivity index (χ3n) is 4.15. The predicted octanol–water partition coefficient (Wildman–Crippen LogP) is 3.79. The summed E-state index contributed by atoms with van der Waals surface area (Å²) in [5, 5.41) is 3.81. The number of nitrogens with one attached hydrogen (secondary N) is 1. The molecule has 1 N–H and O–H groups in total. The molecule has 1 saturated carbocycles. The third-order valence-corrected chi connectivity index (χ3v) is 4.15. The molecular weight excluding hydrogens is 234 g/mol. The van der Waals surface area contributed by atoms with Crippen molar-refractivity contribution < 1.29 is 4.74 Å². The molecule has 2 heteroatoms. The van der Waals surface area contributed by atoms with E-state index >= 15 is 0 Å². The Morgan fingerprint density at radius 2 is 1.74 bits per heavy atom. The number of hydrogen-bond acceptors (Lipinski definition) is 2. The van der Waals surface area contributed by atoms with Gasteiger partial charge in [-0.2, -0.15) is 0 Å². The lowest BCUT2D eigenvalue weighted by Crippen LogP contribution is -2.40. The van der Waals surface area contributed by atoms with E-state index in [2.05, 4.69) is 49.5 Å². The third kappa shape index (κ3) is 4.32. The number of rotatable bonds is 5. The SMILES string of the molecule is COCC(NC1CC(C)CC(C)C1)c1ccccc1. The molecule has 0 aromatic heterocycles. The first kappa shape index (κ1) is 14.5. The van der Waals surface area contributed by atoms with Crippen molar-refractivity contribution in [2.75, 3.05) is 13.7 Å². The van der Waals surface area contributed by atoms with Gasteiger partial charge in [0.1, 0.15) is 0 Å². The highest BCUT2D eigenvalue weighted by Gasteiger charge is 2.26. The molecule has 1 aliphatic rings. The summed E-state index contributed by atoms with van der Waals surface area (Å²) in [6, 6.07) is 11.6. The molecule has 0 radical (unpaired) electrons. The number of methoxy groups -OCH3 is 1. The Kier molecular flexibility index (Phi) is 5.41. The zero-order valence-electron chi connectivity index (χ0n) is 12.4. The zero-order valence-corrected chi connectivity index (χ0v) is 12.4. The maximum Gasteiger partial charge on any atom is 0.0657 e. The lowest BCUT2D eigenvalue weighted by molar-refractivity contribution is 0.145. The van der Waals surface area contributed by atoms with E-state index in [1.807, 2.05) is 0 Å². The van der Waals surface area contributed by atoms with Crippen LogP contribution in [0.4, 0.5) is 0 Å². The lowest BCUT2D eigenvalue weighted by atomic mass is 9.80. The molecule has 1 aliphatic carbocycles. The molecule has 0 amide bonds. The van der Waals surface area contributed by atoms with Gasteiger partial charge < -0.3 is 10.1 Å². The molecule has 2 rings (SSSR count). The van der Waals surface area contributed by atoms with Crippen LogP contribution in [0.1, 0.15) is 44.7 Å². The summed E-state index contributed by atoms with van der Waals surface area (Å²) >= 11 is 0. The Hall–Kier alpha value is -0.860. The van der Waals surface area contributed by atoms with Crippen LogP contribution < -0.4 is 5.32 Å². The summed E-state index contributed by atoms with van der Waals surface area (Å²) in [6.07, 6.45) is 3.95. The second-order valence-electron chi connectivity index (χ2n) is 6.20. The summed E-state index contributed by atoms with van der Waals surface area (Å²) in [5.41, 5.74) is 1.33. The first-order valence-corrected chi connectivity index (χ1v) is 7.49. The molecule has 0 spiro atoms. The lowest BCUT2D eigenvalue weighted by Gasteiger charge is -2.34. The van der Waals surface area contributed by atoms with Crippen LogP contribution in [0.5, 0.6) is 0 Å². The average molecular weight is 261 g/mol. The van der Waals surface area contributed by atoms with E-state index in [1.165, 1.54) is 24.8 Å². The average Bonchev–Trinajstić information content (AvgIpc) is 2.38. The van der Waals surface area contributed by atoms with Crippen LogP contribution in [0, 0.1) is 11.8 Å². The van der Waals surface area contributed by atoms with Crippen LogP contribution in [0.25, 0.3) is 0 Å². The van der Waals surface area contributed by atoms with Gasteiger partial charge in [-0.3, -0.25) is 0 Å². The molecule has 0 saturated heterocycles. The fourth-order valence-corrected chi connectivity index (χ4v) is 3.46. The normalized spacial score (nSPS) is 29.1. The van der Waals surface area contributed by atoms with E-state index in [0.29, 0.717) is 12.1 Å². The van der Waals surface area contributed by atoms with Crippen LogP contribution in [0.3, 0.4) is 0 Å². The van der Waals surface area contributed by atoms with Crippen LogP contribution in [-0.2, 0) is 4.74 Å². The standard InChI is InChI=1S/C17H27NO/c1-13-9-14(2)11-16(10-13)18-17(12-19-3)15-7-5-4-6-8-15/h4-8,13-14,16-18H,9-12H2,1-3H3. The van der Waals surface area contributed by atoms with Crippen molar-refractivity contribution in [3.05, 3.63) is 35.9 Å². The molecule has 106 valence electrons. The summed E-state index contributed by atoms with van der Waals surface area (Å²) in [5.74, 6) is 1.67. The van der Waals surface area contributed by atoms with Crippen molar-refractivity contribution in [1.82, 2.24) is 5.32 Å². The largest absolute Gasteiger partial charge is 0.383 e. The molecule has 1 aromatic rings. The second kappa shape index (κ2) is 7.06. The van der Waals surface area contributed by atoms with Crippen molar-refractivity contribution in [1.29, 1.82) is 0 Å².